The van der Waals surface area contributed by atoms with Crippen molar-refractivity contribution in [1.29, 1.82) is 0 Å². The molecule has 0 bridgehead atoms. The molecule has 64 valence electrons. The van der Waals surface area contributed by atoms with Crippen LogP contribution in [-0.4, -0.2) is 17.5 Å². The zero-order valence-electron chi connectivity index (χ0n) is 3.75. The molecule has 0 fully saturated rings. The molecule has 0 aliphatic rings. The molecule has 9 heteroatoms. The lowest BCUT2D eigenvalue weighted by atomic mass is 15.8. The Bertz CT molecular complexity index is 104. The molecule has 0 aromatic rings. The zero-order chi connectivity index (χ0) is 4.50. The van der Waals surface area contributed by atoms with Gasteiger partial charge in [0.05, 0.1) is 0 Å². The second kappa shape index (κ2) is 12.0. The average Bonchev–Trinajstić information content (AvgIpc) is 0.722. The maximum absolute atomic E-state index is 8.74. The van der Waals surface area contributed by atoms with E-state index in [1.807, 2.05) is 0 Å². The van der Waals surface area contributed by atoms with Gasteiger partial charge < -0.3 is 0 Å². The van der Waals surface area contributed by atoms with Crippen molar-refractivity contribution in [3.05, 3.63) is 0 Å². The summed E-state index contributed by atoms with van der Waals surface area (Å²) in [6.07, 6.45) is 0. The smallest absolute Gasteiger partial charge is 0.269 e. The number of hydrogen-bond acceptors (Lipinski definition) is 2. The fraction of sp³-hybridized carbons (Fsp3) is 0. The molecule has 0 rings (SSSR count). The Morgan fingerprint density at radius 1 is 1.11 bits per heavy atom. The molecule has 0 aliphatic carbocycles. The topological polar surface area (TPSA) is 74.6 Å². The van der Waals surface area contributed by atoms with E-state index in [9.17, 15) is 0 Å². The van der Waals surface area contributed by atoms with Gasteiger partial charge in [-0.1, -0.05) is 0 Å². The van der Waals surface area contributed by atoms with Gasteiger partial charge in [-0.05, 0) is 0 Å². The summed E-state index contributed by atoms with van der Waals surface area (Å²) in [6.45, 7) is 0. The van der Waals surface area contributed by atoms with Crippen molar-refractivity contribution in [2.24, 2.45) is 0 Å². The van der Waals surface area contributed by atoms with Crippen LogP contribution < -0.4 is 0 Å². The maximum Gasteiger partial charge on any atom is 0.394 e. The predicted molar refractivity (Wildman–Crippen MR) is 49.7 cm³/mol. The molecule has 2 N–H and O–H groups in total. The summed E-state index contributed by atoms with van der Waals surface area (Å²) in [7, 11) is -4.67. The van der Waals surface area contributed by atoms with E-state index in [1.54, 1.807) is 0 Å². The Hall–Kier alpha value is 1.30. The number of rotatable bonds is 0. The quantitative estimate of drug-likeness (QED) is 0.500. The summed E-state index contributed by atoms with van der Waals surface area (Å²) < 4.78 is 31.6. The summed E-state index contributed by atoms with van der Waals surface area (Å²) in [5.74, 6) is 0. The number of hydrogen-bond donors (Lipinski definition) is 2. The van der Waals surface area contributed by atoms with Crippen molar-refractivity contribution in [1.82, 2.24) is 0 Å². The van der Waals surface area contributed by atoms with Gasteiger partial charge in [-0.3, -0.25) is 13.8 Å². The molecule has 0 aromatic carbocycles. The monoisotopic (exact) mass is 362 g/mol. The van der Waals surface area contributed by atoms with E-state index in [-0.39, 0.29) is 58.1 Å². The van der Waals surface area contributed by atoms with Gasteiger partial charge in [0.1, 0.15) is 0 Å². The van der Waals surface area contributed by atoms with Gasteiger partial charge >= 0.3 is 10.4 Å². The third-order valence-corrected chi connectivity index (χ3v) is 0. The standard InChI is InChI=1S/BrH.ClH.FH.HI.H2O4S/c;;;;1-5(2,3)4/h4*1H;(H2,1,2,3,4). The summed E-state index contributed by atoms with van der Waals surface area (Å²) in [5, 5.41) is 0. The van der Waals surface area contributed by atoms with Crippen LogP contribution in [0, 0.1) is 0 Å². The van der Waals surface area contributed by atoms with Crippen LogP contribution in [0.25, 0.3) is 0 Å². The van der Waals surface area contributed by atoms with E-state index in [4.69, 9.17) is 17.5 Å². The lowest BCUT2D eigenvalue weighted by Gasteiger charge is -1.68. The third kappa shape index (κ3) is 293. The first-order valence-electron chi connectivity index (χ1n) is 0.698. The molecule has 0 unspecified atom stereocenters. The third-order valence-electron chi connectivity index (χ3n) is 0. The molecule has 0 aromatic heterocycles. The van der Waals surface area contributed by atoms with Crippen LogP contribution in [0.3, 0.4) is 0 Å². The highest BCUT2D eigenvalue weighted by atomic mass is 127. The lowest BCUT2D eigenvalue weighted by molar-refractivity contribution is 0.381. The van der Waals surface area contributed by atoms with E-state index < -0.39 is 10.4 Å². The second-order valence-electron chi connectivity index (χ2n) is 0.448. The summed E-state index contributed by atoms with van der Waals surface area (Å²) in [4.78, 5) is 0. The minimum atomic E-state index is -4.67. The Morgan fingerprint density at radius 2 is 1.11 bits per heavy atom. The van der Waals surface area contributed by atoms with Crippen molar-refractivity contribution in [3.8, 4) is 0 Å². The van der Waals surface area contributed by atoms with E-state index in [1.165, 1.54) is 0 Å². The number of halogens is 4. The van der Waals surface area contributed by atoms with E-state index in [0.29, 0.717) is 0 Å². The normalized spacial score (nSPS) is 6.44. The molecule has 9 heavy (non-hydrogen) atoms. The summed E-state index contributed by atoms with van der Waals surface area (Å²) >= 11 is 0. The highest BCUT2D eigenvalue weighted by Crippen LogP contribution is 1.59. The molecule has 0 amide bonds. The first-order chi connectivity index (χ1) is 2.00. The van der Waals surface area contributed by atoms with Crippen LogP contribution in [0.5, 0.6) is 0 Å². The molecular weight excluding hydrogens is 357 g/mol. The molecule has 0 atom stereocenters. The molecule has 4 nitrogen and oxygen atoms in total. The Morgan fingerprint density at radius 3 is 1.11 bits per heavy atom. The van der Waals surface area contributed by atoms with Crippen molar-refractivity contribution in [2.45, 2.75) is 0 Å². The van der Waals surface area contributed by atoms with Crippen molar-refractivity contribution in [2.75, 3.05) is 0 Å². The first-order valence-corrected chi connectivity index (χ1v) is 2.10. The minimum Gasteiger partial charge on any atom is -0.269 e. The zero-order valence-corrected chi connectivity index (χ0v) is 9.43. The van der Waals surface area contributed by atoms with Crippen LogP contribution in [0.2, 0.25) is 0 Å². The summed E-state index contributed by atoms with van der Waals surface area (Å²) in [5.41, 5.74) is 0. The molecule has 0 radical (unpaired) electrons. The van der Waals surface area contributed by atoms with Crippen LogP contribution in [-0.2, 0) is 10.4 Å². The van der Waals surface area contributed by atoms with Gasteiger partial charge in [-0.15, -0.1) is 53.4 Å². The van der Waals surface area contributed by atoms with Gasteiger partial charge in [0.25, 0.3) is 0 Å². The van der Waals surface area contributed by atoms with Crippen molar-refractivity contribution >= 4 is 63.8 Å². The van der Waals surface area contributed by atoms with Gasteiger partial charge in [-0.25, -0.2) is 0 Å². The Kier molecular flexibility index (Phi) is 42.4. The highest BCUT2D eigenvalue weighted by Gasteiger charge is 1.84. The van der Waals surface area contributed by atoms with E-state index in [2.05, 4.69) is 0 Å². The SMILES string of the molecule is Br.Cl.F.I.O=S(=O)(O)O. The fourth-order valence-corrected chi connectivity index (χ4v) is 0. The van der Waals surface area contributed by atoms with Crippen LogP contribution >= 0.6 is 53.4 Å². The Balaban J connectivity index is -0.0000000133. The van der Waals surface area contributed by atoms with Gasteiger partial charge in [0.2, 0.25) is 0 Å². The molecule has 0 heterocycles. The second-order valence-corrected chi connectivity index (χ2v) is 1.34. The fourth-order valence-electron chi connectivity index (χ4n) is 0. The molecule has 0 spiro atoms. The van der Waals surface area contributed by atoms with E-state index in [0.717, 1.165) is 0 Å². The molecule has 0 aliphatic heterocycles. The van der Waals surface area contributed by atoms with Crippen molar-refractivity contribution in [3.63, 3.8) is 0 Å². The minimum absolute atomic E-state index is 0. The van der Waals surface area contributed by atoms with Gasteiger partial charge in [0, 0.05) is 0 Å². The lowest BCUT2D eigenvalue weighted by Crippen LogP contribution is -1.89. The highest BCUT2D eigenvalue weighted by molar-refractivity contribution is 14.0. The van der Waals surface area contributed by atoms with Crippen LogP contribution in [0.15, 0.2) is 0 Å². The van der Waals surface area contributed by atoms with Crippen LogP contribution in [0.4, 0.5) is 4.70 Å². The molecule has 0 saturated carbocycles. The molecule has 0 saturated heterocycles. The van der Waals surface area contributed by atoms with Crippen LogP contribution in [0.1, 0.15) is 0 Å². The van der Waals surface area contributed by atoms with Crippen molar-refractivity contribution < 1.29 is 22.2 Å². The largest absolute Gasteiger partial charge is 0.394 e. The Labute approximate surface area is 85.5 Å². The predicted octanol–water partition coefficient (Wildman–Crippen LogP) is 1.12. The van der Waals surface area contributed by atoms with Gasteiger partial charge in [-0.2, -0.15) is 8.42 Å². The average molecular weight is 363 g/mol. The van der Waals surface area contributed by atoms with E-state index >= 15 is 0 Å². The van der Waals surface area contributed by atoms with Gasteiger partial charge in [0.15, 0.2) is 0 Å². The molecular formula is H6BrClFIO4S. The maximum atomic E-state index is 8.74. The summed E-state index contributed by atoms with van der Waals surface area (Å²) in [6, 6.07) is 0. The first kappa shape index (κ1) is 31.7.